The molecule has 0 saturated heterocycles. The molecule has 2 heteroatoms. The number of rotatable bonds is 48. The van der Waals surface area contributed by atoms with Crippen molar-refractivity contribution in [3.05, 3.63) is 259 Å². The van der Waals surface area contributed by atoms with Crippen LogP contribution in [0.1, 0.15) is 378 Å². The van der Waals surface area contributed by atoms with Crippen molar-refractivity contribution in [3.63, 3.8) is 0 Å². The number of benzene rings is 8. The quantitative estimate of drug-likeness (QED) is 0.0263. The molecular formula is C107H140Br2. The van der Waals surface area contributed by atoms with E-state index in [2.05, 4.69) is 281 Å². The molecule has 0 spiro atoms. The lowest BCUT2D eigenvalue weighted by molar-refractivity contribution is 0.397. The van der Waals surface area contributed by atoms with Gasteiger partial charge in [0.2, 0.25) is 0 Å². The minimum Gasteiger partial charge on any atom is -0.0985 e. The number of fused-ring (bicyclic) bond motifs is 9. The summed E-state index contributed by atoms with van der Waals surface area (Å²) in [6.07, 6.45) is 69.4. The van der Waals surface area contributed by atoms with Crippen molar-refractivity contribution < 1.29 is 0 Å². The van der Waals surface area contributed by atoms with Crippen molar-refractivity contribution in [2.75, 3.05) is 0 Å². The molecule has 0 aliphatic heterocycles. The SMILES string of the molecule is C=Cc1ccc2c(c1)C(CCCCCCCC)(CCCCCCCC)c1cc(C=C)ccc1-2.CCCCCCCCC1(CCCCCCCC)c2cc(/C=C/c3ccccc3)ccc2-c2ccc(/C=C/c3ccccc3)cc21.CCCCCCCCC1(CCCCCCCC)c2cc(Br)ccc2-c2ccc(Br)cc21. The molecule has 0 unspecified atom stereocenters. The molecule has 0 atom stereocenters. The third kappa shape index (κ3) is 24.4. The monoisotopic (exact) mass is 1580 g/mol. The van der Waals surface area contributed by atoms with Gasteiger partial charge in [0, 0.05) is 25.2 Å². The van der Waals surface area contributed by atoms with Crippen LogP contribution in [0.25, 0.3) is 69.8 Å². The van der Waals surface area contributed by atoms with Gasteiger partial charge in [-0.2, -0.15) is 0 Å². The Morgan fingerprint density at radius 3 is 0.670 bits per heavy atom. The van der Waals surface area contributed by atoms with E-state index >= 15 is 0 Å². The summed E-state index contributed by atoms with van der Waals surface area (Å²) >= 11 is 7.57. The average molecular weight is 1590 g/mol. The largest absolute Gasteiger partial charge is 0.0985 e. The smallest absolute Gasteiger partial charge is 0.0216 e. The summed E-state index contributed by atoms with van der Waals surface area (Å²) in [6.45, 7) is 22.0. The van der Waals surface area contributed by atoms with Crippen molar-refractivity contribution in [2.24, 2.45) is 0 Å². The summed E-state index contributed by atoms with van der Waals surface area (Å²) in [4.78, 5) is 0. The normalized spacial score (nSPS) is 13.6. The van der Waals surface area contributed by atoms with Crippen molar-refractivity contribution in [2.45, 2.75) is 327 Å². The Morgan fingerprint density at radius 2 is 0.422 bits per heavy atom. The third-order valence-electron chi connectivity index (χ3n) is 24.9. The van der Waals surface area contributed by atoms with E-state index in [1.807, 2.05) is 12.2 Å². The third-order valence-corrected chi connectivity index (χ3v) is 25.8. The molecule has 0 N–H and O–H groups in total. The van der Waals surface area contributed by atoms with E-state index in [0.29, 0.717) is 0 Å². The van der Waals surface area contributed by atoms with E-state index in [-0.39, 0.29) is 16.2 Å². The van der Waals surface area contributed by atoms with Crippen molar-refractivity contribution in [1.82, 2.24) is 0 Å². The first-order chi connectivity index (χ1) is 53.5. The zero-order valence-corrected chi connectivity index (χ0v) is 72.2. The van der Waals surface area contributed by atoms with Crippen LogP contribution in [-0.4, -0.2) is 0 Å². The molecule has 0 fully saturated rings. The van der Waals surface area contributed by atoms with Crippen LogP contribution in [0.2, 0.25) is 0 Å². The van der Waals surface area contributed by atoms with Crippen molar-refractivity contribution in [3.8, 4) is 33.4 Å². The maximum absolute atomic E-state index is 4.08. The van der Waals surface area contributed by atoms with Crippen molar-refractivity contribution in [1.29, 1.82) is 0 Å². The van der Waals surface area contributed by atoms with Crippen LogP contribution in [-0.2, 0) is 16.2 Å². The van der Waals surface area contributed by atoms with E-state index in [1.165, 1.54) is 345 Å². The highest BCUT2D eigenvalue weighted by Crippen LogP contribution is 2.58. The maximum atomic E-state index is 4.08. The Labute approximate surface area is 682 Å². The summed E-state index contributed by atoms with van der Waals surface area (Å²) in [5.41, 5.74) is 26.1. The Hall–Kier alpha value is -6.32. The van der Waals surface area contributed by atoms with Gasteiger partial charge in [-0.25, -0.2) is 0 Å². The molecule has 3 aliphatic rings. The summed E-state index contributed by atoms with van der Waals surface area (Å²) in [6, 6.07) is 64.0. The van der Waals surface area contributed by atoms with Crippen molar-refractivity contribution >= 4 is 68.3 Å². The number of halogens is 2. The summed E-state index contributed by atoms with van der Waals surface area (Å²) in [7, 11) is 0. The van der Waals surface area contributed by atoms with Gasteiger partial charge in [0.25, 0.3) is 0 Å². The van der Waals surface area contributed by atoms with E-state index in [1.54, 1.807) is 33.4 Å². The highest BCUT2D eigenvalue weighted by molar-refractivity contribution is 9.10. The van der Waals surface area contributed by atoms with Gasteiger partial charge in [-0.15, -0.1) is 0 Å². The molecule has 0 heterocycles. The predicted octanol–water partition coefficient (Wildman–Crippen LogP) is 35.5. The van der Waals surface area contributed by atoms with Gasteiger partial charge in [-0.05, 0) is 163 Å². The Kier molecular flexibility index (Phi) is 37.6. The lowest BCUT2D eigenvalue weighted by Crippen LogP contribution is -2.25. The van der Waals surface area contributed by atoms with Crippen LogP contribution < -0.4 is 0 Å². The van der Waals surface area contributed by atoms with E-state index in [0.717, 1.165) is 0 Å². The second-order valence-corrected chi connectivity index (χ2v) is 34.7. The molecule has 11 rings (SSSR count). The highest BCUT2D eigenvalue weighted by atomic mass is 79.9. The van der Waals surface area contributed by atoms with Gasteiger partial charge in [-0.3, -0.25) is 0 Å². The first-order valence-electron chi connectivity index (χ1n) is 44.5. The highest BCUT2D eigenvalue weighted by Gasteiger charge is 2.45. The lowest BCUT2D eigenvalue weighted by atomic mass is 9.70. The van der Waals surface area contributed by atoms with Crippen LogP contribution in [0.4, 0.5) is 0 Å². The fraction of sp³-hybridized carbons (Fsp3) is 0.477. The minimum atomic E-state index is 0.0768. The van der Waals surface area contributed by atoms with Crippen LogP contribution in [0.5, 0.6) is 0 Å². The Balaban J connectivity index is 0.000000193. The molecular weight excluding hydrogens is 1440 g/mol. The molecule has 0 radical (unpaired) electrons. The number of unbranched alkanes of at least 4 members (excludes halogenated alkanes) is 30. The average Bonchev–Trinajstić information content (AvgIpc) is 1.58. The summed E-state index contributed by atoms with van der Waals surface area (Å²) in [5.74, 6) is 0. The predicted molar refractivity (Wildman–Crippen MR) is 492 cm³/mol. The first-order valence-corrected chi connectivity index (χ1v) is 46.0. The lowest BCUT2D eigenvalue weighted by Gasteiger charge is -2.33. The molecule has 0 nitrogen and oxygen atoms in total. The van der Waals surface area contributed by atoms with Gasteiger partial charge in [0.15, 0.2) is 0 Å². The van der Waals surface area contributed by atoms with E-state index < -0.39 is 0 Å². The molecule has 0 bridgehead atoms. The molecule has 109 heavy (non-hydrogen) atoms. The number of hydrogen-bond acceptors (Lipinski definition) is 0. The van der Waals surface area contributed by atoms with Gasteiger partial charge in [0.05, 0.1) is 0 Å². The summed E-state index contributed by atoms with van der Waals surface area (Å²) < 4.78 is 2.43. The molecule has 0 saturated carbocycles. The molecule has 0 aromatic heterocycles. The van der Waals surface area contributed by atoms with E-state index in [9.17, 15) is 0 Å². The topological polar surface area (TPSA) is 0 Å². The molecule has 8 aromatic rings. The van der Waals surface area contributed by atoms with Gasteiger partial charge < -0.3 is 0 Å². The van der Waals surface area contributed by atoms with E-state index in [4.69, 9.17) is 0 Å². The Bertz CT molecular complexity index is 3780. The molecule has 3 aliphatic carbocycles. The van der Waals surface area contributed by atoms with Gasteiger partial charge in [-0.1, -0.05) is 500 Å². The molecule has 8 aromatic carbocycles. The molecule has 0 amide bonds. The summed E-state index contributed by atoms with van der Waals surface area (Å²) in [5, 5.41) is 0. The van der Waals surface area contributed by atoms with Crippen LogP contribution in [0.3, 0.4) is 0 Å². The maximum Gasteiger partial charge on any atom is 0.0216 e. The van der Waals surface area contributed by atoms with Crippen LogP contribution in [0.15, 0.2) is 192 Å². The van der Waals surface area contributed by atoms with Gasteiger partial charge in [0.1, 0.15) is 0 Å². The zero-order chi connectivity index (χ0) is 76.8. The van der Waals surface area contributed by atoms with Crippen LogP contribution >= 0.6 is 31.9 Å². The second-order valence-electron chi connectivity index (χ2n) is 32.8. The first kappa shape index (κ1) is 86.7. The minimum absolute atomic E-state index is 0.0768. The zero-order valence-electron chi connectivity index (χ0n) is 69.0. The Morgan fingerprint density at radius 1 is 0.220 bits per heavy atom. The standard InChI is InChI=1S/C45H54.C33H46.C29H40Br2/c1-3-5-7-9-11-19-33-45(34-20-12-10-8-6-4-2)43-35-39(27-25-37-21-15-13-16-22-37)29-31-41(43)42-32-30-40(36-44(42)45)28-26-38-23-17-14-18-24-38;1-5-9-11-13-15-17-23-33(24-18-16-14-12-10-6-2)31-25-27(7-3)19-21-29(31)30-22-20-28(8-4)26-32(30)33;1-3-5-7-9-11-13-19-29(20-14-12-10-8-6-4-2)27-21-23(30)15-17-25(27)26-18-16-24(31)22-28(26)29/h13-18,21-32,35-36H,3-12,19-20,33-34H2,1-2H3;7-8,19-22,25-26H,3-6,9-18,23-24H2,1-2H3;15-18,21-22H,3-14,19-20H2,1-2H3/b27-25+,28-26+;;. The molecule has 582 valence electrons. The number of hydrogen-bond donors (Lipinski definition) is 0. The van der Waals surface area contributed by atoms with Crippen LogP contribution in [0, 0.1) is 0 Å². The van der Waals surface area contributed by atoms with Gasteiger partial charge >= 0.3 is 0 Å². The fourth-order valence-electron chi connectivity index (χ4n) is 18.7. The second kappa shape index (κ2) is 47.3. The fourth-order valence-corrected chi connectivity index (χ4v) is 19.4.